The number of H-pyrrole nitrogens is 1. The van der Waals surface area contributed by atoms with Gasteiger partial charge in [-0.15, -0.1) is 0 Å². The summed E-state index contributed by atoms with van der Waals surface area (Å²) in [6.07, 6.45) is 3.55. The molecular formula is C18H21F2N5O2. The van der Waals surface area contributed by atoms with Crippen molar-refractivity contribution in [2.75, 3.05) is 5.43 Å². The summed E-state index contributed by atoms with van der Waals surface area (Å²) in [7, 11) is 0. The Morgan fingerprint density at radius 2 is 1.96 bits per heavy atom. The number of anilines is 1. The minimum atomic E-state index is -0.870. The van der Waals surface area contributed by atoms with Gasteiger partial charge in [-0.3, -0.25) is 0 Å². The average molecular weight is 377 g/mol. The monoisotopic (exact) mass is 377 g/mol. The van der Waals surface area contributed by atoms with Gasteiger partial charge < -0.3 is 20.6 Å². The largest absolute Gasteiger partial charge is 0.390 e. The zero-order chi connectivity index (χ0) is 19.4. The Morgan fingerprint density at radius 3 is 2.63 bits per heavy atom. The van der Waals surface area contributed by atoms with Gasteiger partial charge in [0.25, 0.3) is 0 Å². The number of fused-ring (bicyclic) bond motifs is 1. The molecule has 3 unspecified atom stereocenters. The number of hydrogen-bond acceptors (Lipinski definition) is 6. The zero-order valence-corrected chi connectivity index (χ0v) is 14.4. The number of nitrogens with two attached hydrogens (primary N) is 1. The lowest BCUT2D eigenvalue weighted by Crippen LogP contribution is -2.26. The molecule has 1 aliphatic rings. The summed E-state index contributed by atoms with van der Waals surface area (Å²) in [4.78, 5) is 10.9. The minimum Gasteiger partial charge on any atom is -0.390 e. The SMILES string of the molecule is NNc1ncnc2[nH]ccc12.OC1CCC(Cc2ccc(F)c(F)c2)C1O. The van der Waals surface area contributed by atoms with Crippen LogP contribution in [0.1, 0.15) is 18.4 Å². The minimum absolute atomic E-state index is 0.0696. The number of aromatic amines is 1. The number of halogens is 2. The lowest BCUT2D eigenvalue weighted by molar-refractivity contribution is 0.0207. The van der Waals surface area contributed by atoms with E-state index in [0.717, 1.165) is 23.2 Å². The summed E-state index contributed by atoms with van der Waals surface area (Å²) >= 11 is 0. The van der Waals surface area contributed by atoms with Gasteiger partial charge >= 0.3 is 0 Å². The molecule has 2 aromatic heterocycles. The van der Waals surface area contributed by atoms with E-state index < -0.39 is 23.8 Å². The van der Waals surface area contributed by atoms with E-state index in [4.69, 9.17) is 5.84 Å². The first-order valence-corrected chi connectivity index (χ1v) is 8.54. The Labute approximate surface area is 154 Å². The number of rotatable bonds is 3. The van der Waals surface area contributed by atoms with Crippen LogP contribution in [-0.4, -0.2) is 37.4 Å². The molecule has 2 heterocycles. The van der Waals surface area contributed by atoms with Crippen molar-refractivity contribution in [3.05, 3.63) is 54.0 Å². The van der Waals surface area contributed by atoms with E-state index in [-0.39, 0.29) is 5.92 Å². The van der Waals surface area contributed by atoms with Crippen LogP contribution in [0, 0.1) is 17.6 Å². The van der Waals surface area contributed by atoms with E-state index >= 15 is 0 Å². The van der Waals surface area contributed by atoms with Crippen molar-refractivity contribution in [1.29, 1.82) is 0 Å². The zero-order valence-electron chi connectivity index (χ0n) is 14.4. The van der Waals surface area contributed by atoms with Crippen molar-refractivity contribution in [3.63, 3.8) is 0 Å². The Balaban J connectivity index is 0.000000166. The number of nitrogen functional groups attached to an aromatic ring is 1. The normalized spacial score (nSPS) is 21.7. The van der Waals surface area contributed by atoms with Crippen LogP contribution >= 0.6 is 0 Å². The molecule has 0 amide bonds. The van der Waals surface area contributed by atoms with Gasteiger partial charge in [-0.05, 0) is 48.9 Å². The van der Waals surface area contributed by atoms with E-state index in [1.807, 2.05) is 6.07 Å². The van der Waals surface area contributed by atoms with Gasteiger partial charge in [-0.1, -0.05) is 6.07 Å². The molecule has 1 aliphatic carbocycles. The molecule has 0 saturated heterocycles. The van der Waals surface area contributed by atoms with Gasteiger partial charge in [0.05, 0.1) is 17.6 Å². The topological polar surface area (TPSA) is 120 Å². The molecule has 1 saturated carbocycles. The summed E-state index contributed by atoms with van der Waals surface area (Å²) in [6.45, 7) is 0. The summed E-state index contributed by atoms with van der Waals surface area (Å²) in [6, 6.07) is 5.61. The number of aliphatic hydroxyl groups excluding tert-OH is 2. The van der Waals surface area contributed by atoms with Crippen LogP contribution in [0.5, 0.6) is 0 Å². The second-order valence-electron chi connectivity index (χ2n) is 6.45. The lowest BCUT2D eigenvalue weighted by atomic mass is 9.96. The molecule has 3 atom stereocenters. The van der Waals surface area contributed by atoms with Crippen molar-refractivity contribution in [2.24, 2.45) is 11.8 Å². The molecule has 3 aromatic rings. The number of benzene rings is 1. The maximum atomic E-state index is 12.9. The van der Waals surface area contributed by atoms with Gasteiger partial charge in [0, 0.05) is 6.20 Å². The third kappa shape index (κ3) is 4.38. The van der Waals surface area contributed by atoms with Gasteiger partial charge in [0.2, 0.25) is 0 Å². The maximum Gasteiger partial charge on any atom is 0.159 e. The fourth-order valence-electron chi connectivity index (χ4n) is 3.22. The predicted octanol–water partition coefficient (Wildman–Crippen LogP) is 1.88. The first-order chi connectivity index (χ1) is 13.0. The van der Waals surface area contributed by atoms with E-state index in [1.54, 1.807) is 6.20 Å². The highest BCUT2D eigenvalue weighted by atomic mass is 19.2. The highest BCUT2D eigenvalue weighted by Gasteiger charge is 2.33. The Hall–Kier alpha value is -2.62. The average Bonchev–Trinajstić information content (AvgIpc) is 3.27. The molecule has 9 heteroatoms. The van der Waals surface area contributed by atoms with Crippen LogP contribution in [0.25, 0.3) is 11.0 Å². The molecule has 0 bridgehead atoms. The number of nitrogens with zero attached hydrogens (tertiary/aromatic N) is 2. The molecular weight excluding hydrogens is 356 g/mol. The van der Waals surface area contributed by atoms with Crippen LogP contribution in [0.4, 0.5) is 14.6 Å². The van der Waals surface area contributed by atoms with Crippen molar-refractivity contribution >= 4 is 16.9 Å². The second kappa shape index (κ2) is 8.38. The first-order valence-electron chi connectivity index (χ1n) is 8.54. The molecule has 0 aliphatic heterocycles. The van der Waals surface area contributed by atoms with Crippen LogP contribution in [-0.2, 0) is 6.42 Å². The third-order valence-corrected chi connectivity index (χ3v) is 4.68. The van der Waals surface area contributed by atoms with Gasteiger partial charge in [0.1, 0.15) is 12.0 Å². The molecule has 27 heavy (non-hydrogen) atoms. The number of nitrogens with one attached hydrogen (secondary N) is 2. The Morgan fingerprint density at radius 1 is 1.15 bits per heavy atom. The van der Waals surface area contributed by atoms with Crippen LogP contribution in [0.15, 0.2) is 36.8 Å². The van der Waals surface area contributed by atoms with Crippen LogP contribution in [0.2, 0.25) is 0 Å². The molecule has 1 aromatic carbocycles. The Bertz CT molecular complexity index is 904. The van der Waals surface area contributed by atoms with E-state index in [2.05, 4.69) is 20.4 Å². The van der Waals surface area contributed by atoms with Gasteiger partial charge in [0.15, 0.2) is 17.5 Å². The van der Waals surface area contributed by atoms with E-state index in [0.29, 0.717) is 30.6 Å². The van der Waals surface area contributed by atoms with Crippen molar-refractivity contribution in [3.8, 4) is 0 Å². The highest BCUT2D eigenvalue weighted by molar-refractivity contribution is 5.86. The fourth-order valence-corrected chi connectivity index (χ4v) is 3.22. The maximum absolute atomic E-state index is 12.9. The first kappa shape index (κ1) is 19.2. The summed E-state index contributed by atoms with van der Waals surface area (Å²) in [5.74, 6) is 4.05. The highest BCUT2D eigenvalue weighted by Crippen LogP contribution is 2.29. The van der Waals surface area contributed by atoms with Crippen molar-refractivity contribution in [1.82, 2.24) is 15.0 Å². The second-order valence-corrected chi connectivity index (χ2v) is 6.45. The van der Waals surface area contributed by atoms with E-state index in [9.17, 15) is 19.0 Å². The molecule has 0 radical (unpaired) electrons. The molecule has 1 fully saturated rings. The number of aliphatic hydroxyl groups is 2. The smallest absolute Gasteiger partial charge is 0.159 e. The summed E-state index contributed by atoms with van der Waals surface area (Å²) in [5.41, 5.74) is 3.92. The van der Waals surface area contributed by atoms with Crippen molar-refractivity contribution in [2.45, 2.75) is 31.5 Å². The molecule has 0 spiro atoms. The van der Waals surface area contributed by atoms with Crippen LogP contribution < -0.4 is 11.3 Å². The van der Waals surface area contributed by atoms with Crippen molar-refractivity contribution < 1.29 is 19.0 Å². The summed E-state index contributed by atoms with van der Waals surface area (Å²) < 4.78 is 25.6. The number of aromatic nitrogens is 3. The third-order valence-electron chi connectivity index (χ3n) is 4.68. The predicted molar refractivity (Wildman–Crippen MR) is 96.5 cm³/mol. The van der Waals surface area contributed by atoms with Crippen LogP contribution in [0.3, 0.4) is 0 Å². The standard InChI is InChI=1S/C12H14F2O2.C6H7N5/c13-9-3-1-7(6-10(9)14)5-8-2-4-11(15)12(8)16;7-11-6-4-1-2-8-5(4)9-3-10-6/h1,3,6,8,11-12,15-16H,2,4-5H2;1-3H,7H2,(H2,8,9,10,11). The fraction of sp³-hybridized carbons (Fsp3) is 0.333. The summed E-state index contributed by atoms with van der Waals surface area (Å²) in [5, 5.41) is 19.9. The number of hydrogen-bond donors (Lipinski definition) is 5. The quantitative estimate of drug-likeness (QED) is 0.351. The Kier molecular flexibility index (Phi) is 5.94. The molecule has 4 rings (SSSR count). The molecule has 7 nitrogen and oxygen atoms in total. The molecule has 6 N–H and O–H groups in total. The van der Waals surface area contributed by atoms with Gasteiger partial charge in [-0.25, -0.2) is 24.6 Å². The lowest BCUT2D eigenvalue weighted by Gasteiger charge is -2.16. The van der Waals surface area contributed by atoms with E-state index in [1.165, 1.54) is 12.4 Å². The molecule has 144 valence electrons. The number of hydrazine groups is 1. The van der Waals surface area contributed by atoms with Gasteiger partial charge in [-0.2, -0.15) is 0 Å².